The van der Waals surface area contributed by atoms with E-state index in [9.17, 15) is 9.59 Å². The zero-order chi connectivity index (χ0) is 10.1. The fourth-order valence-corrected chi connectivity index (χ4v) is 2.61. The Hall–Kier alpha value is -1.06. The van der Waals surface area contributed by atoms with Gasteiger partial charge >= 0.3 is 6.09 Å². The van der Waals surface area contributed by atoms with Crippen LogP contribution in [-0.2, 0) is 4.79 Å². The molecule has 4 heteroatoms. The first-order chi connectivity index (χ1) is 6.66. The lowest BCUT2D eigenvalue weighted by Crippen LogP contribution is -2.45. The monoisotopic (exact) mass is 197 g/mol. The molecule has 0 spiro atoms. The first-order valence-electron chi connectivity index (χ1n) is 5.16. The molecule has 2 fully saturated rings. The van der Waals surface area contributed by atoms with Gasteiger partial charge in [0, 0.05) is 25.9 Å². The molecule has 1 amide bonds. The van der Waals surface area contributed by atoms with Crippen LogP contribution in [0.25, 0.3) is 0 Å². The minimum Gasteiger partial charge on any atom is -0.465 e. The van der Waals surface area contributed by atoms with Crippen LogP contribution in [0.1, 0.15) is 25.7 Å². The molecule has 0 aromatic rings. The molecular formula is C10H15NO3. The van der Waals surface area contributed by atoms with Gasteiger partial charge in [-0.3, -0.25) is 4.79 Å². The number of hydrogen-bond donors (Lipinski definition) is 1. The lowest BCUT2D eigenvalue weighted by atomic mass is 9.75. The third kappa shape index (κ3) is 1.74. The summed E-state index contributed by atoms with van der Waals surface area (Å²) in [5.41, 5.74) is 0. The van der Waals surface area contributed by atoms with Crippen LogP contribution in [0.4, 0.5) is 4.79 Å². The van der Waals surface area contributed by atoms with Crippen molar-refractivity contribution in [1.82, 2.24) is 4.90 Å². The summed E-state index contributed by atoms with van der Waals surface area (Å²) >= 11 is 0. The highest BCUT2D eigenvalue weighted by molar-refractivity contribution is 5.79. The molecule has 1 heterocycles. The third-order valence-corrected chi connectivity index (χ3v) is 3.45. The first kappa shape index (κ1) is 9.49. The van der Waals surface area contributed by atoms with E-state index in [-0.39, 0.29) is 0 Å². The standard InChI is InChI=1S/C10H15NO3/c12-9-2-1-7-3-4-11(10(13)14)6-8(7)5-9/h7-8H,1-6H2,(H,13,14)/t7-,8+/m1/s1. The SMILES string of the molecule is O=C1CC[C@@H]2CCN(C(=O)O)C[C@@H]2C1. The fourth-order valence-electron chi connectivity index (χ4n) is 2.61. The van der Waals surface area contributed by atoms with E-state index in [2.05, 4.69) is 0 Å². The van der Waals surface area contributed by atoms with Crippen molar-refractivity contribution in [3.8, 4) is 0 Å². The van der Waals surface area contributed by atoms with Gasteiger partial charge in [0.15, 0.2) is 0 Å². The van der Waals surface area contributed by atoms with Gasteiger partial charge in [0.2, 0.25) is 0 Å². The molecule has 0 unspecified atom stereocenters. The predicted octanol–water partition coefficient (Wildman–Crippen LogP) is 1.36. The molecular weight excluding hydrogens is 182 g/mol. The van der Waals surface area contributed by atoms with Crippen LogP contribution >= 0.6 is 0 Å². The maximum Gasteiger partial charge on any atom is 0.407 e. The third-order valence-electron chi connectivity index (χ3n) is 3.45. The van der Waals surface area contributed by atoms with Gasteiger partial charge in [0.05, 0.1) is 0 Å². The van der Waals surface area contributed by atoms with Gasteiger partial charge in [0.1, 0.15) is 5.78 Å². The quantitative estimate of drug-likeness (QED) is 0.637. The Morgan fingerprint density at radius 1 is 1.36 bits per heavy atom. The van der Waals surface area contributed by atoms with E-state index in [1.165, 1.54) is 4.90 Å². The van der Waals surface area contributed by atoms with Crippen molar-refractivity contribution in [2.45, 2.75) is 25.7 Å². The van der Waals surface area contributed by atoms with E-state index in [1.54, 1.807) is 0 Å². The zero-order valence-electron chi connectivity index (χ0n) is 8.11. The van der Waals surface area contributed by atoms with E-state index in [0.717, 1.165) is 12.8 Å². The normalized spacial score (nSPS) is 32.6. The minimum absolute atomic E-state index is 0.293. The Kier molecular flexibility index (Phi) is 2.44. The Bertz CT molecular complexity index is 262. The highest BCUT2D eigenvalue weighted by Gasteiger charge is 2.35. The highest BCUT2D eigenvalue weighted by atomic mass is 16.4. The number of Topliss-reactive ketones (excluding diaryl/α,β-unsaturated/α-hetero) is 1. The van der Waals surface area contributed by atoms with Crippen molar-refractivity contribution in [3.63, 3.8) is 0 Å². The van der Waals surface area contributed by atoms with E-state index in [1.807, 2.05) is 0 Å². The molecule has 1 N–H and O–H groups in total. The molecule has 0 aromatic carbocycles. The average molecular weight is 197 g/mol. The largest absolute Gasteiger partial charge is 0.465 e. The van der Waals surface area contributed by atoms with Crippen molar-refractivity contribution < 1.29 is 14.7 Å². The first-order valence-corrected chi connectivity index (χ1v) is 5.16. The van der Waals surface area contributed by atoms with Crippen LogP contribution < -0.4 is 0 Å². The number of nitrogens with zero attached hydrogens (tertiary/aromatic N) is 1. The molecule has 0 radical (unpaired) electrons. The van der Waals surface area contributed by atoms with Crippen molar-refractivity contribution in [1.29, 1.82) is 0 Å². The number of ketones is 1. The molecule has 1 saturated carbocycles. The number of carbonyl (C=O) groups excluding carboxylic acids is 1. The number of carbonyl (C=O) groups is 2. The number of likely N-dealkylation sites (tertiary alicyclic amines) is 1. The van der Waals surface area contributed by atoms with Gasteiger partial charge in [-0.05, 0) is 24.7 Å². The molecule has 4 nitrogen and oxygen atoms in total. The van der Waals surface area contributed by atoms with Crippen LogP contribution in [-0.4, -0.2) is 35.0 Å². The molecule has 2 atom stereocenters. The maximum atomic E-state index is 11.2. The summed E-state index contributed by atoms with van der Waals surface area (Å²) in [4.78, 5) is 23.4. The summed E-state index contributed by atoms with van der Waals surface area (Å²) in [5, 5.41) is 8.84. The number of carboxylic acid groups (broad SMARTS) is 1. The van der Waals surface area contributed by atoms with Crippen molar-refractivity contribution >= 4 is 11.9 Å². The van der Waals surface area contributed by atoms with Crippen LogP contribution in [0.2, 0.25) is 0 Å². The topological polar surface area (TPSA) is 57.6 Å². The maximum absolute atomic E-state index is 11.2. The molecule has 2 rings (SSSR count). The van der Waals surface area contributed by atoms with Crippen molar-refractivity contribution in [3.05, 3.63) is 0 Å². The van der Waals surface area contributed by atoms with Crippen LogP contribution in [0.3, 0.4) is 0 Å². The molecule has 0 aromatic heterocycles. The average Bonchev–Trinajstić information content (AvgIpc) is 2.16. The second-order valence-electron chi connectivity index (χ2n) is 4.32. The molecule has 1 saturated heterocycles. The van der Waals surface area contributed by atoms with Gasteiger partial charge in [-0.1, -0.05) is 0 Å². The Morgan fingerprint density at radius 3 is 2.86 bits per heavy atom. The molecule has 1 aliphatic carbocycles. The lowest BCUT2D eigenvalue weighted by molar-refractivity contribution is -0.123. The second kappa shape index (κ2) is 3.59. The predicted molar refractivity (Wildman–Crippen MR) is 50.1 cm³/mol. The summed E-state index contributed by atoms with van der Waals surface area (Å²) in [6.07, 6.45) is 2.35. The van der Waals surface area contributed by atoms with E-state index >= 15 is 0 Å². The van der Waals surface area contributed by atoms with E-state index in [4.69, 9.17) is 5.11 Å². The summed E-state index contributed by atoms with van der Waals surface area (Å²) < 4.78 is 0. The fraction of sp³-hybridized carbons (Fsp3) is 0.800. The Labute approximate surface area is 82.9 Å². The number of hydrogen-bond acceptors (Lipinski definition) is 2. The zero-order valence-corrected chi connectivity index (χ0v) is 8.11. The van der Waals surface area contributed by atoms with Gasteiger partial charge in [-0.15, -0.1) is 0 Å². The van der Waals surface area contributed by atoms with Crippen molar-refractivity contribution in [2.75, 3.05) is 13.1 Å². The number of fused-ring (bicyclic) bond motifs is 1. The molecule has 2 aliphatic rings. The van der Waals surface area contributed by atoms with Gasteiger partial charge in [-0.25, -0.2) is 4.79 Å². The lowest BCUT2D eigenvalue weighted by Gasteiger charge is -2.39. The van der Waals surface area contributed by atoms with Gasteiger partial charge in [-0.2, -0.15) is 0 Å². The molecule has 0 bridgehead atoms. The molecule has 1 aliphatic heterocycles. The van der Waals surface area contributed by atoms with E-state index < -0.39 is 6.09 Å². The second-order valence-corrected chi connectivity index (χ2v) is 4.32. The van der Waals surface area contributed by atoms with Crippen LogP contribution in [0, 0.1) is 11.8 Å². The summed E-state index contributed by atoms with van der Waals surface area (Å²) in [7, 11) is 0. The summed E-state index contributed by atoms with van der Waals surface area (Å²) in [6, 6.07) is 0. The highest BCUT2D eigenvalue weighted by Crippen LogP contribution is 2.34. The minimum atomic E-state index is -0.846. The van der Waals surface area contributed by atoms with Gasteiger partial charge < -0.3 is 10.0 Å². The number of piperidine rings is 1. The Morgan fingerprint density at radius 2 is 2.14 bits per heavy atom. The summed E-state index contributed by atoms with van der Waals surface area (Å²) in [5.74, 6) is 1.18. The van der Waals surface area contributed by atoms with Gasteiger partial charge in [0.25, 0.3) is 0 Å². The smallest absolute Gasteiger partial charge is 0.407 e. The number of amides is 1. The Balaban J connectivity index is 1.99. The van der Waals surface area contributed by atoms with E-state index in [0.29, 0.717) is 43.6 Å². The van der Waals surface area contributed by atoms with Crippen LogP contribution in [0.5, 0.6) is 0 Å². The number of rotatable bonds is 0. The molecule has 14 heavy (non-hydrogen) atoms. The molecule has 78 valence electrons. The summed E-state index contributed by atoms with van der Waals surface area (Å²) in [6.45, 7) is 1.20. The van der Waals surface area contributed by atoms with Crippen molar-refractivity contribution in [2.24, 2.45) is 11.8 Å². The van der Waals surface area contributed by atoms with Crippen LogP contribution in [0.15, 0.2) is 0 Å².